The quantitative estimate of drug-likeness (QED) is 0.479. The van der Waals surface area contributed by atoms with Gasteiger partial charge in [0, 0.05) is 5.56 Å². The highest BCUT2D eigenvalue weighted by atomic mass is 32.2. The average Bonchev–Trinajstić information content (AvgIpc) is 3.04. The van der Waals surface area contributed by atoms with Crippen LogP contribution in [-0.4, -0.2) is 57.5 Å². The number of ketones is 1. The monoisotopic (exact) mass is 467 g/mol. The first-order chi connectivity index (χ1) is 15.8. The number of alkyl carbamates (subject to hydrolysis) is 1. The van der Waals surface area contributed by atoms with Gasteiger partial charge in [-0.25, -0.2) is 4.79 Å². The standard InChI is InChI=1S/C24H25N3O5S/c1-24(2)22(26-23(31)32-14-17(28)16-11-7-4-8-12-16)27-20(30)19(21(27)33-24)25-18(29)13-15-9-5-3-6-10-15/h3-12,19,21-22H,13-14H2,1-2H3,(H,25,29)(H,26,31)/t19?,21-,22?/m1/s1. The van der Waals surface area contributed by atoms with Crippen LogP contribution in [0.15, 0.2) is 60.7 Å². The van der Waals surface area contributed by atoms with E-state index in [1.807, 2.05) is 44.2 Å². The Morgan fingerprint density at radius 3 is 2.30 bits per heavy atom. The van der Waals surface area contributed by atoms with E-state index in [2.05, 4.69) is 10.6 Å². The summed E-state index contributed by atoms with van der Waals surface area (Å²) < 4.78 is 4.59. The molecule has 3 amide bonds. The third-order valence-electron chi connectivity index (χ3n) is 5.65. The third kappa shape index (κ3) is 4.88. The summed E-state index contributed by atoms with van der Waals surface area (Å²) in [5.41, 5.74) is 1.32. The largest absolute Gasteiger partial charge is 0.441 e. The number of thioether (sulfide) groups is 1. The van der Waals surface area contributed by atoms with Crippen LogP contribution in [0.5, 0.6) is 0 Å². The van der Waals surface area contributed by atoms with E-state index in [0.29, 0.717) is 5.56 Å². The van der Waals surface area contributed by atoms with Crippen LogP contribution >= 0.6 is 11.8 Å². The Hall–Kier alpha value is -3.33. The minimum Gasteiger partial charge on any atom is -0.441 e. The van der Waals surface area contributed by atoms with Gasteiger partial charge in [0.2, 0.25) is 5.91 Å². The van der Waals surface area contributed by atoms with Crippen molar-refractivity contribution in [3.8, 4) is 0 Å². The SMILES string of the molecule is CC1(C)S[C@@H]2C(NC(=O)Cc3ccccc3)C(=O)N2C1NC(=O)OCC(=O)c1ccccc1. The highest BCUT2D eigenvalue weighted by molar-refractivity contribution is 8.01. The minimum absolute atomic E-state index is 0.189. The van der Waals surface area contributed by atoms with Crippen molar-refractivity contribution in [3.05, 3.63) is 71.8 Å². The molecule has 2 unspecified atom stereocenters. The van der Waals surface area contributed by atoms with Crippen molar-refractivity contribution in [3.63, 3.8) is 0 Å². The number of rotatable bonds is 7. The van der Waals surface area contributed by atoms with Gasteiger partial charge in [-0.2, -0.15) is 0 Å². The van der Waals surface area contributed by atoms with Gasteiger partial charge >= 0.3 is 6.09 Å². The molecule has 172 valence electrons. The Bertz CT molecular complexity index is 1060. The van der Waals surface area contributed by atoms with E-state index in [9.17, 15) is 19.2 Å². The summed E-state index contributed by atoms with van der Waals surface area (Å²) in [6.45, 7) is 3.42. The van der Waals surface area contributed by atoms with E-state index in [-0.39, 0.29) is 29.4 Å². The molecule has 2 aliphatic rings. The van der Waals surface area contributed by atoms with Crippen LogP contribution in [0, 0.1) is 0 Å². The van der Waals surface area contributed by atoms with Gasteiger partial charge in [-0.1, -0.05) is 60.7 Å². The number of nitrogens with zero attached hydrogens (tertiary/aromatic N) is 1. The molecular formula is C24H25N3O5S. The highest BCUT2D eigenvalue weighted by Crippen LogP contribution is 2.49. The number of amides is 3. The van der Waals surface area contributed by atoms with E-state index < -0.39 is 29.7 Å². The molecule has 0 radical (unpaired) electrons. The van der Waals surface area contributed by atoms with E-state index in [0.717, 1.165) is 5.56 Å². The zero-order chi connectivity index (χ0) is 23.6. The lowest BCUT2D eigenvalue weighted by molar-refractivity contribution is -0.151. The number of nitrogens with one attached hydrogen (secondary N) is 2. The summed E-state index contributed by atoms with van der Waals surface area (Å²) in [5, 5.41) is 5.24. The molecule has 8 nitrogen and oxygen atoms in total. The number of Topliss-reactive ketones (excluding diaryl/α,β-unsaturated/α-hetero) is 1. The number of ether oxygens (including phenoxy) is 1. The molecule has 0 saturated carbocycles. The number of carbonyl (C=O) groups excluding carboxylic acids is 4. The molecule has 0 bridgehead atoms. The second-order valence-electron chi connectivity index (χ2n) is 8.48. The van der Waals surface area contributed by atoms with E-state index >= 15 is 0 Å². The molecule has 2 fully saturated rings. The third-order valence-corrected chi connectivity index (χ3v) is 7.22. The van der Waals surface area contributed by atoms with E-state index in [4.69, 9.17) is 4.74 Å². The lowest BCUT2D eigenvalue weighted by Crippen LogP contribution is -2.72. The van der Waals surface area contributed by atoms with Crippen LogP contribution < -0.4 is 10.6 Å². The summed E-state index contributed by atoms with van der Waals surface area (Å²) in [6.07, 6.45) is -1.21. The van der Waals surface area contributed by atoms with Crippen molar-refractivity contribution in [2.24, 2.45) is 0 Å². The predicted molar refractivity (Wildman–Crippen MR) is 123 cm³/mol. The molecular weight excluding hydrogens is 442 g/mol. The van der Waals surface area contributed by atoms with Crippen molar-refractivity contribution in [1.82, 2.24) is 15.5 Å². The Balaban J connectivity index is 1.32. The minimum atomic E-state index is -0.775. The van der Waals surface area contributed by atoms with Gasteiger partial charge in [0.05, 0.1) is 11.2 Å². The predicted octanol–water partition coefficient (Wildman–Crippen LogP) is 2.34. The molecule has 2 saturated heterocycles. The van der Waals surface area contributed by atoms with Crippen molar-refractivity contribution in [1.29, 1.82) is 0 Å². The average molecular weight is 468 g/mol. The second-order valence-corrected chi connectivity index (χ2v) is 10.2. The van der Waals surface area contributed by atoms with Crippen molar-refractivity contribution in [2.75, 3.05) is 6.61 Å². The molecule has 0 aliphatic carbocycles. The number of hydrogen-bond acceptors (Lipinski definition) is 6. The molecule has 0 aromatic heterocycles. The molecule has 2 N–H and O–H groups in total. The number of benzene rings is 2. The fourth-order valence-corrected chi connectivity index (χ4v) is 5.55. The lowest BCUT2D eigenvalue weighted by atomic mass is 10.0. The molecule has 9 heteroatoms. The first kappa shape index (κ1) is 22.8. The molecule has 3 atom stereocenters. The summed E-state index contributed by atoms with van der Waals surface area (Å²) in [5.74, 6) is -0.803. The molecule has 2 aromatic rings. The summed E-state index contributed by atoms with van der Waals surface area (Å²) >= 11 is 1.50. The fourth-order valence-electron chi connectivity index (χ4n) is 3.97. The number of fused-ring (bicyclic) bond motifs is 1. The van der Waals surface area contributed by atoms with Gasteiger partial charge in [-0.05, 0) is 19.4 Å². The Labute approximate surface area is 196 Å². The van der Waals surface area contributed by atoms with Crippen LogP contribution in [-0.2, 0) is 20.7 Å². The van der Waals surface area contributed by atoms with Crippen molar-refractivity contribution < 1.29 is 23.9 Å². The van der Waals surface area contributed by atoms with Gasteiger partial charge in [0.25, 0.3) is 5.91 Å². The Morgan fingerprint density at radius 1 is 1.00 bits per heavy atom. The van der Waals surface area contributed by atoms with Crippen LogP contribution in [0.2, 0.25) is 0 Å². The molecule has 33 heavy (non-hydrogen) atoms. The second kappa shape index (κ2) is 9.27. The lowest BCUT2D eigenvalue weighted by Gasteiger charge is -2.44. The van der Waals surface area contributed by atoms with Gasteiger partial charge in [-0.15, -0.1) is 11.8 Å². The number of carbonyl (C=O) groups is 4. The topological polar surface area (TPSA) is 105 Å². The van der Waals surface area contributed by atoms with E-state index in [1.165, 1.54) is 11.8 Å². The molecule has 0 spiro atoms. The van der Waals surface area contributed by atoms with Gasteiger partial charge in [-0.3, -0.25) is 19.7 Å². The normalized spacial score (nSPS) is 22.7. The van der Waals surface area contributed by atoms with Crippen LogP contribution in [0.25, 0.3) is 0 Å². The summed E-state index contributed by atoms with van der Waals surface area (Å²) in [7, 11) is 0. The van der Waals surface area contributed by atoms with Gasteiger partial charge < -0.3 is 15.0 Å². The fraction of sp³-hybridized carbons (Fsp3) is 0.333. The van der Waals surface area contributed by atoms with Crippen molar-refractivity contribution >= 4 is 35.5 Å². The molecule has 2 heterocycles. The summed E-state index contributed by atoms with van der Waals surface area (Å²) in [6, 6.07) is 17.2. The van der Waals surface area contributed by atoms with Crippen LogP contribution in [0.4, 0.5) is 4.79 Å². The summed E-state index contributed by atoms with van der Waals surface area (Å²) in [4.78, 5) is 51.3. The zero-order valence-electron chi connectivity index (χ0n) is 18.3. The smallest absolute Gasteiger partial charge is 0.409 e. The first-order valence-electron chi connectivity index (χ1n) is 10.6. The maximum atomic E-state index is 12.8. The highest BCUT2D eigenvalue weighted by Gasteiger charge is 2.62. The first-order valence-corrected chi connectivity index (χ1v) is 11.5. The molecule has 2 aromatic carbocycles. The Morgan fingerprint density at radius 2 is 1.64 bits per heavy atom. The zero-order valence-corrected chi connectivity index (χ0v) is 19.1. The van der Waals surface area contributed by atoms with Crippen molar-refractivity contribution in [2.45, 2.75) is 42.6 Å². The van der Waals surface area contributed by atoms with Crippen LogP contribution in [0.3, 0.4) is 0 Å². The Kier molecular flexibility index (Phi) is 6.42. The van der Waals surface area contributed by atoms with Gasteiger partial charge in [0.15, 0.2) is 12.4 Å². The molecule has 4 rings (SSSR count). The molecule has 2 aliphatic heterocycles. The van der Waals surface area contributed by atoms with Gasteiger partial charge in [0.1, 0.15) is 17.6 Å². The van der Waals surface area contributed by atoms with E-state index in [1.54, 1.807) is 35.2 Å². The maximum absolute atomic E-state index is 12.8. The number of β-lactam (4-membered cyclic amide) rings is 1. The maximum Gasteiger partial charge on any atom is 0.409 e. The number of hydrogen-bond donors (Lipinski definition) is 2. The van der Waals surface area contributed by atoms with Crippen LogP contribution in [0.1, 0.15) is 29.8 Å².